The zero-order valence-electron chi connectivity index (χ0n) is 8.77. The summed E-state index contributed by atoms with van der Waals surface area (Å²) in [5.41, 5.74) is -0.633. The molecule has 0 fully saturated rings. The molecule has 88 valence electrons. The van der Waals surface area contributed by atoms with E-state index in [-0.39, 0.29) is 22.6 Å². The molecule has 0 bridgehead atoms. The smallest absolute Gasteiger partial charge is 0.298 e. The lowest BCUT2D eigenvalue weighted by Crippen LogP contribution is -2.14. The third kappa shape index (κ3) is 2.20. The molecule has 0 aromatic heterocycles. The molecule has 0 saturated carbocycles. The van der Waals surface area contributed by atoms with Crippen molar-refractivity contribution in [1.82, 2.24) is 0 Å². The van der Waals surface area contributed by atoms with Gasteiger partial charge in [0.2, 0.25) is 0 Å². The maximum absolute atomic E-state index is 14.0. The normalized spacial score (nSPS) is 11.4. The van der Waals surface area contributed by atoms with E-state index in [1.54, 1.807) is 0 Å². The summed E-state index contributed by atoms with van der Waals surface area (Å²) in [6.45, 7) is 0. The fourth-order valence-corrected chi connectivity index (χ4v) is 1.57. The zero-order valence-corrected chi connectivity index (χ0v) is 8.77. The summed E-state index contributed by atoms with van der Waals surface area (Å²) >= 11 is 0. The molecule has 0 heterocycles. The van der Waals surface area contributed by atoms with Crippen LogP contribution in [-0.4, -0.2) is 10.2 Å². The largest absolute Gasteiger partial charge is 0.508 e. The molecule has 2 aromatic rings. The molecule has 0 saturated heterocycles. The van der Waals surface area contributed by atoms with Gasteiger partial charge in [0.05, 0.1) is 0 Å². The standard InChI is InChI=1S/C13H10F2O2/c14-13(15,9-3-1-5-11(16)7-9)10-4-2-6-12(17)8-10/h1-8,16-17H. The fourth-order valence-electron chi connectivity index (χ4n) is 1.57. The first-order valence-corrected chi connectivity index (χ1v) is 4.97. The number of hydrogen-bond acceptors (Lipinski definition) is 2. The molecule has 0 atom stereocenters. The van der Waals surface area contributed by atoms with Gasteiger partial charge in [0.15, 0.2) is 0 Å². The van der Waals surface area contributed by atoms with Gasteiger partial charge in [-0.2, -0.15) is 8.78 Å². The molecule has 2 N–H and O–H groups in total. The van der Waals surface area contributed by atoms with Crippen LogP contribution in [0.4, 0.5) is 8.78 Å². The predicted molar refractivity (Wildman–Crippen MR) is 59.2 cm³/mol. The van der Waals surface area contributed by atoms with Crippen LogP contribution >= 0.6 is 0 Å². The summed E-state index contributed by atoms with van der Waals surface area (Å²) in [4.78, 5) is 0. The van der Waals surface area contributed by atoms with E-state index in [1.165, 1.54) is 36.4 Å². The first kappa shape index (κ1) is 11.4. The summed E-state index contributed by atoms with van der Waals surface area (Å²) in [5, 5.41) is 18.4. The molecule has 0 radical (unpaired) electrons. The van der Waals surface area contributed by atoms with Crippen molar-refractivity contribution in [2.45, 2.75) is 5.92 Å². The maximum Gasteiger partial charge on any atom is 0.298 e. The Labute approximate surface area is 96.8 Å². The molecular formula is C13H10F2O2. The first-order chi connectivity index (χ1) is 8.00. The van der Waals surface area contributed by atoms with Gasteiger partial charge in [0.25, 0.3) is 5.92 Å². The van der Waals surface area contributed by atoms with Crippen molar-refractivity contribution in [3.05, 3.63) is 59.7 Å². The summed E-state index contributed by atoms with van der Waals surface area (Å²) in [6.07, 6.45) is 0. The molecule has 2 nitrogen and oxygen atoms in total. The van der Waals surface area contributed by atoms with Crippen LogP contribution in [0, 0.1) is 0 Å². The van der Waals surface area contributed by atoms with Gasteiger partial charge in [0.1, 0.15) is 11.5 Å². The molecule has 0 spiro atoms. The maximum atomic E-state index is 14.0. The highest BCUT2D eigenvalue weighted by Gasteiger charge is 2.34. The van der Waals surface area contributed by atoms with Crippen molar-refractivity contribution in [3.8, 4) is 11.5 Å². The average Bonchev–Trinajstić information content (AvgIpc) is 2.29. The number of rotatable bonds is 2. The second-order valence-electron chi connectivity index (χ2n) is 3.68. The average molecular weight is 236 g/mol. The van der Waals surface area contributed by atoms with Gasteiger partial charge >= 0.3 is 0 Å². The third-order valence-electron chi connectivity index (χ3n) is 2.42. The van der Waals surface area contributed by atoms with Crippen LogP contribution < -0.4 is 0 Å². The van der Waals surface area contributed by atoms with Gasteiger partial charge in [-0.3, -0.25) is 0 Å². The molecule has 17 heavy (non-hydrogen) atoms. The van der Waals surface area contributed by atoms with Crippen LogP contribution in [0.25, 0.3) is 0 Å². The van der Waals surface area contributed by atoms with Crippen molar-refractivity contribution >= 4 is 0 Å². The Morgan fingerprint density at radius 1 is 0.765 bits per heavy atom. The van der Waals surface area contributed by atoms with Crippen molar-refractivity contribution < 1.29 is 19.0 Å². The lowest BCUT2D eigenvalue weighted by molar-refractivity contribution is 0.0423. The van der Waals surface area contributed by atoms with Gasteiger partial charge in [-0.05, 0) is 24.3 Å². The quantitative estimate of drug-likeness (QED) is 0.840. The molecule has 0 aliphatic heterocycles. The number of aromatic hydroxyl groups is 2. The Balaban J connectivity index is 2.49. The fraction of sp³-hybridized carbons (Fsp3) is 0.0769. The molecule has 0 amide bonds. The highest BCUT2D eigenvalue weighted by atomic mass is 19.3. The van der Waals surface area contributed by atoms with Crippen LogP contribution in [0.5, 0.6) is 11.5 Å². The molecule has 2 rings (SSSR count). The van der Waals surface area contributed by atoms with Crippen molar-refractivity contribution in [2.75, 3.05) is 0 Å². The van der Waals surface area contributed by atoms with Gasteiger partial charge < -0.3 is 10.2 Å². The van der Waals surface area contributed by atoms with Crippen LogP contribution in [0.3, 0.4) is 0 Å². The number of hydrogen-bond donors (Lipinski definition) is 2. The Hall–Kier alpha value is -2.10. The Morgan fingerprint density at radius 3 is 1.53 bits per heavy atom. The molecule has 0 aliphatic carbocycles. The molecule has 0 unspecified atom stereocenters. The van der Waals surface area contributed by atoms with Gasteiger partial charge in [-0.25, -0.2) is 0 Å². The topological polar surface area (TPSA) is 40.5 Å². The van der Waals surface area contributed by atoms with E-state index in [1.807, 2.05) is 0 Å². The Morgan fingerprint density at radius 2 is 1.18 bits per heavy atom. The number of alkyl halides is 2. The summed E-state index contributed by atoms with van der Waals surface area (Å²) < 4.78 is 28.1. The molecule has 2 aromatic carbocycles. The second-order valence-corrected chi connectivity index (χ2v) is 3.68. The first-order valence-electron chi connectivity index (χ1n) is 4.97. The van der Waals surface area contributed by atoms with Crippen LogP contribution in [-0.2, 0) is 5.92 Å². The SMILES string of the molecule is Oc1cccc(C(F)(F)c2cccc(O)c2)c1. The third-order valence-corrected chi connectivity index (χ3v) is 2.42. The second kappa shape index (κ2) is 4.05. The minimum Gasteiger partial charge on any atom is -0.508 e. The van der Waals surface area contributed by atoms with E-state index in [0.717, 1.165) is 12.1 Å². The Kier molecular flexibility index (Phi) is 2.71. The van der Waals surface area contributed by atoms with E-state index in [9.17, 15) is 19.0 Å². The molecular weight excluding hydrogens is 226 g/mol. The van der Waals surface area contributed by atoms with E-state index >= 15 is 0 Å². The summed E-state index contributed by atoms with van der Waals surface area (Å²) in [7, 11) is 0. The van der Waals surface area contributed by atoms with E-state index in [0.29, 0.717) is 0 Å². The van der Waals surface area contributed by atoms with Crippen LogP contribution in [0.15, 0.2) is 48.5 Å². The minimum atomic E-state index is -3.25. The van der Waals surface area contributed by atoms with Gasteiger partial charge in [-0.1, -0.05) is 24.3 Å². The number of halogens is 2. The minimum absolute atomic E-state index is 0.220. The Bertz CT molecular complexity index is 491. The molecule has 4 heteroatoms. The van der Waals surface area contributed by atoms with E-state index in [4.69, 9.17) is 0 Å². The van der Waals surface area contributed by atoms with Gasteiger partial charge in [0, 0.05) is 11.1 Å². The van der Waals surface area contributed by atoms with Crippen LogP contribution in [0.2, 0.25) is 0 Å². The summed E-state index contributed by atoms with van der Waals surface area (Å²) in [5.74, 6) is -3.69. The highest BCUT2D eigenvalue weighted by Crippen LogP contribution is 2.37. The van der Waals surface area contributed by atoms with Crippen molar-refractivity contribution in [2.24, 2.45) is 0 Å². The van der Waals surface area contributed by atoms with E-state index in [2.05, 4.69) is 0 Å². The number of phenols is 2. The zero-order chi connectivity index (χ0) is 12.5. The lowest BCUT2D eigenvalue weighted by atomic mass is 10.00. The van der Waals surface area contributed by atoms with Crippen molar-refractivity contribution in [3.63, 3.8) is 0 Å². The molecule has 0 aliphatic rings. The predicted octanol–water partition coefficient (Wildman–Crippen LogP) is 3.24. The van der Waals surface area contributed by atoms with Gasteiger partial charge in [-0.15, -0.1) is 0 Å². The monoisotopic (exact) mass is 236 g/mol. The van der Waals surface area contributed by atoms with E-state index < -0.39 is 5.92 Å². The van der Waals surface area contributed by atoms with Crippen LogP contribution in [0.1, 0.15) is 11.1 Å². The lowest BCUT2D eigenvalue weighted by Gasteiger charge is -2.17. The number of benzene rings is 2. The number of phenolic OH excluding ortho intramolecular Hbond substituents is 2. The summed E-state index contributed by atoms with van der Waals surface area (Å²) in [6, 6.07) is 9.80. The highest BCUT2D eigenvalue weighted by molar-refractivity contribution is 5.39. The van der Waals surface area contributed by atoms with Crippen molar-refractivity contribution in [1.29, 1.82) is 0 Å².